The molecule has 0 aliphatic carbocycles. The smallest absolute Gasteiger partial charge is 0.233 e. The van der Waals surface area contributed by atoms with Crippen molar-refractivity contribution < 1.29 is 9.53 Å². The topological polar surface area (TPSA) is 45.7 Å². The molecule has 1 fully saturated rings. The van der Waals surface area contributed by atoms with Crippen LogP contribution < -0.4 is 4.90 Å². The SMILES string of the molecule is Cc1ccc2sc(N(CCCN3CCOCC3)C(=O)Cc3ccccc3Cl)nc2c1C. The van der Waals surface area contributed by atoms with Crippen molar-refractivity contribution in [3.8, 4) is 0 Å². The number of thiazole rings is 1. The lowest BCUT2D eigenvalue weighted by molar-refractivity contribution is -0.118. The molecule has 0 N–H and O–H groups in total. The Morgan fingerprint density at radius 1 is 1.19 bits per heavy atom. The highest BCUT2D eigenvalue weighted by Crippen LogP contribution is 2.32. The Hall–Kier alpha value is -1.99. The summed E-state index contributed by atoms with van der Waals surface area (Å²) < 4.78 is 6.55. The fourth-order valence-electron chi connectivity index (χ4n) is 3.83. The second-order valence-corrected chi connectivity index (χ2v) is 9.39. The van der Waals surface area contributed by atoms with Crippen LogP contribution in [0.2, 0.25) is 5.02 Å². The molecule has 0 bridgehead atoms. The zero-order valence-corrected chi connectivity index (χ0v) is 19.6. The summed E-state index contributed by atoms with van der Waals surface area (Å²) in [7, 11) is 0. The molecule has 0 saturated carbocycles. The van der Waals surface area contributed by atoms with Crippen molar-refractivity contribution in [1.29, 1.82) is 0 Å². The second-order valence-electron chi connectivity index (χ2n) is 7.97. The summed E-state index contributed by atoms with van der Waals surface area (Å²) in [5.41, 5.74) is 4.22. The van der Waals surface area contributed by atoms with Gasteiger partial charge in [0.1, 0.15) is 0 Å². The number of aryl methyl sites for hydroxylation is 2. The largest absolute Gasteiger partial charge is 0.379 e. The predicted molar refractivity (Wildman–Crippen MR) is 128 cm³/mol. The highest BCUT2D eigenvalue weighted by Gasteiger charge is 2.22. The minimum absolute atomic E-state index is 0.0310. The van der Waals surface area contributed by atoms with Gasteiger partial charge in [0.05, 0.1) is 29.9 Å². The maximum atomic E-state index is 13.4. The summed E-state index contributed by atoms with van der Waals surface area (Å²) in [6.45, 7) is 9.24. The molecular weight excluding hydrogens is 430 g/mol. The molecule has 3 aromatic rings. The Bertz CT molecular complexity index is 1060. The summed E-state index contributed by atoms with van der Waals surface area (Å²) >= 11 is 7.91. The Kier molecular flexibility index (Phi) is 7.23. The first-order valence-electron chi connectivity index (χ1n) is 10.7. The van der Waals surface area contributed by atoms with Gasteiger partial charge in [0.15, 0.2) is 5.13 Å². The standard InChI is InChI=1S/C24H28ClN3O2S/c1-17-8-9-21-23(18(17)2)26-24(31-21)28(11-5-10-27-12-14-30-15-13-27)22(29)16-19-6-3-4-7-20(19)25/h3-4,6-9H,5,10-16H2,1-2H3. The van der Waals surface area contributed by atoms with Crippen molar-refractivity contribution in [2.75, 3.05) is 44.3 Å². The lowest BCUT2D eigenvalue weighted by Gasteiger charge is -2.27. The van der Waals surface area contributed by atoms with Crippen LogP contribution in [-0.4, -0.2) is 55.2 Å². The number of carbonyl (C=O) groups is 1. The number of fused-ring (bicyclic) bond motifs is 1. The molecule has 4 rings (SSSR count). The number of anilines is 1. The van der Waals surface area contributed by atoms with E-state index in [0.717, 1.165) is 60.2 Å². The van der Waals surface area contributed by atoms with Crippen molar-refractivity contribution in [2.45, 2.75) is 26.7 Å². The predicted octanol–water partition coefficient (Wildman–Crippen LogP) is 4.86. The minimum Gasteiger partial charge on any atom is -0.379 e. The third kappa shape index (κ3) is 5.26. The summed E-state index contributed by atoms with van der Waals surface area (Å²) in [5.74, 6) is 0.0310. The van der Waals surface area contributed by atoms with Crippen molar-refractivity contribution >= 4 is 44.2 Å². The number of aromatic nitrogens is 1. The van der Waals surface area contributed by atoms with Crippen molar-refractivity contribution in [2.24, 2.45) is 0 Å². The van der Waals surface area contributed by atoms with Crippen LogP contribution in [0.4, 0.5) is 5.13 Å². The van der Waals surface area contributed by atoms with E-state index < -0.39 is 0 Å². The Morgan fingerprint density at radius 3 is 2.74 bits per heavy atom. The Morgan fingerprint density at radius 2 is 1.97 bits per heavy atom. The molecule has 2 aromatic carbocycles. The zero-order valence-electron chi connectivity index (χ0n) is 18.1. The summed E-state index contributed by atoms with van der Waals surface area (Å²) in [6.07, 6.45) is 1.16. The summed E-state index contributed by atoms with van der Waals surface area (Å²) in [6, 6.07) is 11.8. The van der Waals surface area contributed by atoms with Gasteiger partial charge in [-0.3, -0.25) is 14.6 Å². The number of halogens is 1. The molecule has 164 valence electrons. The van der Waals surface area contributed by atoms with E-state index in [2.05, 4.69) is 30.9 Å². The van der Waals surface area contributed by atoms with Crippen LogP contribution in [0.3, 0.4) is 0 Å². The van der Waals surface area contributed by atoms with Crippen LogP contribution in [0.5, 0.6) is 0 Å². The normalized spacial score (nSPS) is 14.8. The lowest BCUT2D eigenvalue weighted by Crippen LogP contribution is -2.39. The molecule has 1 aliphatic rings. The van der Waals surface area contributed by atoms with E-state index in [9.17, 15) is 4.79 Å². The number of morpholine rings is 1. The van der Waals surface area contributed by atoms with Gasteiger partial charge in [-0.15, -0.1) is 0 Å². The van der Waals surface area contributed by atoms with Crippen LogP contribution in [0.25, 0.3) is 10.2 Å². The third-order valence-corrected chi connectivity index (χ3v) is 7.28. The minimum atomic E-state index is 0.0310. The van der Waals surface area contributed by atoms with Crippen molar-refractivity contribution in [1.82, 2.24) is 9.88 Å². The lowest BCUT2D eigenvalue weighted by atomic mass is 10.1. The Labute approximate surface area is 192 Å². The number of carbonyl (C=O) groups excluding carboxylic acids is 1. The van der Waals surface area contributed by atoms with Gasteiger partial charge in [0, 0.05) is 31.2 Å². The van der Waals surface area contributed by atoms with E-state index >= 15 is 0 Å². The van der Waals surface area contributed by atoms with Crippen LogP contribution in [0, 0.1) is 13.8 Å². The van der Waals surface area contributed by atoms with Crippen LogP contribution in [0.15, 0.2) is 36.4 Å². The molecule has 0 spiro atoms. The van der Waals surface area contributed by atoms with Crippen molar-refractivity contribution in [3.05, 3.63) is 58.1 Å². The van der Waals surface area contributed by atoms with Gasteiger partial charge < -0.3 is 4.74 Å². The average molecular weight is 458 g/mol. The number of hydrogen-bond donors (Lipinski definition) is 0. The fourth-order valence-corrected chi connectivity index (χ4v) is 5.11. The maximum absolute atomic E-state index is 13.4. The molecule has 1 aromatic heterocycles. The Balaban J connectivity index is 1.56. The molecule has 5 nitrogen and oxygen atoms in total. The first-order chi connectivity index (χ1) is 15.0. The third-order valence-electron chi connectivity index (χ3n) is 5.86. The molecule has 1 aliphatic heterocycles. The average Bonchev–Trinajstić information content (AvgIpc) is 3.21. The summed E-state index contributed by atoms with van der Waals surface area (Å²) in [4.78, 5) is 22.5. The van der Waals surface area contributed by atoms with Gasteiger partial charge in [-0.2, -0.15) is 0 Å². The number of nitrogens with zero attached hydrogens (tertiary/aromatic N) is 3. The number of amides is 1. The van der Waals surface area contributed by atoms with Crippen LogP contribution in [-0.2, 0) is 16.0 Å². The van der Waals surface area contributed by atoms with Gasteiger partial charge in [0.2, 0.25) is 5.91 Å². The molecule has 7 heteroatoms. The van der Waals surface area contributed by atoms with E-state index in [1.807, 2.05) is 29.2 Å². The molecule has 1 saturated heterocycles. The molecule has 1 amide bonds. The fraction of sp³-hybridized carbons (Fsp3) is 0.417. The highest BCUT2D eigenvalue weighted by molar-refractivity contribution is 7.22. The van der Waals surface area contributed by atoms with E-state index in [4.69, 9.17) is 21.3 Å². The van der Waals surface area contributed by atoms with Crippen LogP contribution in [0.1, 0.15) is 23.1 Å². The second kappa shape index (κ2) is 10.1. The molecule has 2 heterocycles. The van der Waals surface area contributed by atoms with Gasteiger partial charge in [-0.25, -0.2) is 4.98 Å². The van der Waals surface area contributed by atoms with Gasteiger partial charge in [-0.1, -0.05) is 47.2 Å². The number of rotatable bonds is 7. The molecule has 31 heavy (non-hydrogen) atoms. The molecular formula is C24H28ClN3O2S. The maximum Gasteiger partial charge on any atom is 0.233 e. The highest BCUT2D eigenvalue weighted by atomic mass is 35.5. The summed E-state index contributed by atoms with van der Waals surface area (Å²) in [5, 5.41) is 1.39. The van der Waals surface area contributed by atoms with E-state index in [1.165, 1.54) is 11.1 Å². The monoisotopic (exact) mass is 457 g/mol. The van der Waals surface area contributed by atoms with E-state index in [1.54, 1.807) is 11.3 Å². The number of ether oxygens (including phenoxy) is 1. The van der Waals surface area contributed by atoms with Gasteiger partial charge >= 0.3 is 0 Å². The molecule has 0 atom stereocenters. The quantitative estimate of drug-likeness (QED) is 0.508. The first-order valence-corrected chi connectivity index (χ1v) is 11.9. The van der Waals surface area contributed by atoms with E-state index in [0.29, 0.717) is 11.6 Å². The molecule has 0 radical (unpaired) electrons. The van der Waals surface area contributed by atoms with Gasteiger partial charge in [0.25, 0.3) is 0 Å². The first kappa shape index (κ1) is 22.2. The van der Waals surface area contributed by atoms with Crippen LogP contribution >= 0.6 is 22.9 Å². The number of benzene rings is 2. The van der Waals surface area contributed by atoms with Crippen molar-refractivity contribution in [3.63, 3.8) is 0 Å². The number of hydrogen-bond acceptors (Lipinski definition) is 5. The van der Waals surface area contributed by atoms with Gasteiger partial charge in [-0.05, 0) is 49.1 Å². The van der Waals surface area contributed by atoms with E-state index in [-0.39, 0.29) is 12.3 Å². The molecule has 0 unspecified atom stereocenters. The zero-order chi connectivity index (χ0) is 21.8.